The number of rotatable bonds is 0. The molecule has 1 heteroatoms. The Morgan fingerprint density at radius 3 is 1.18 bits per heavy atom. The average Bonchev–Trinajstić information content (AvgIpc) is 2.07. The molecule has 61 valence electrons. The second kappa shape index (κ2) is 3.64. The van der Waals surface area contributed by atoms with Crippen molar-refractivity contribution in [3.8, 4) is 0 Å². The SMILES string of the molecule is CC1=C(C)C(C)C(C)=C1C.[V]. The largest absolute Gasteiger partial charge is 0.0632 e. The number of hydrogen-bond donors (Lipinski definition) is 0. The van der Waals surface area contributed by atoms with Crippen molar-refractivity contribution in [3.63, 3.8) is 0 Å². The van der Waals surface area contributed by atoms with E-state index in [0.29, 0.717) is 5.92 Å². The van der Waals surface area contributed by atoms with Crippen molar-refractivity contribution >= 4 is 0 Å². The molecule has 0 heterocycles. The van der Waals surface area contributed by atoms with Gasteiger partial charge in [0.2, 0.25) is 0 Å². The Hall–Kier alpha value is 0.0644. The quantitative estimate of drug-likeness (QED) is 0.545. The monoisotopic (exact) mass is 187 g/mol. The standard InChI is InChI=1S/C10H16.V/c1-6-7(2)9(4)10(5)8(6)3;/h6H,1-5H3;. The van der Waals surface area contributed by atoms with Crippen molar-refractivity contribution in [3.05, 3.63) is 22.3 Å². The minimum Gasteiger partial charge on any atom is -0.0632 e. The molecule has 11 heavy (non-hydrogen) atoms. The van der Waals surface area contributed by atoms with E-state index in [4.69, 9.17) is 0 Å². The van der Waals surface area contributed by atoms with E-state index in [1.54, 1.807) is 11.1 Å². The maximum atomic E-state index is 2.28. The molecule has 0 N–H and O–H groups in total. The van der Waals surface area contributed by atoms with Crippen molar-refractivity contribution in [1.29, 1.82) is 0 Å². The van der Waals surface area contributed by atoms with E-state index < -0.39 is 0 Å². The smallest absolute Gasteiger partial charge is 0 e. The summed E-state index contributed by atoms with van der Waals surface area (Å²) in [4.78, 5) is 0. The predicted molar refractivity (Wildman–Crippen MR) is 45.9 cm³/mol. The van der Waals surface area contributed by atoms with Crippen LogP contribution in [0.25, 0.3) is 0 Å². The Bertz CT molecular complexity index is 197. The summed E-state index contributed by atoms with van der Waals surface area (Å²) in [6, 6.07) is 0. The van der Waals surface area contributed by atoms with Crippen LogP contribution < -0.4 is 0 Å². The molecule has 0 atom stereocenters. The maximum absolute atomic E-state index is 2.28. The summed E-state index contributed by atoms with van der Waals surface area (Å²) >= 11 is 0. The van der Waals surface area contributed by atoms with Gasteiger partial charge in [0.05, 0.1) is 0 Å². The van der Waals surface area contributed by atoms with Gasteiger partial charge in [-0.2, -0.15) is 0 Å². The van der Waals surface area contributed by atoms with Gasteiger partial charge in [-0.05, 0) is 44.8 Å². The minimum absolute atomic E-state index is 0. The van der Waals surface area contributed by atoms with Crippen LogP contribution in [-0.2, 0) is 18.6 Å². The van der Waals surface area contributed by atoms with Gasteiger partial charge in [0.15, 0.2) is 0 Å². The molecule has 0 saturated heterocycles. The summed E-state index contributed by atoms with van der Waals surface area (Å²) in [6.07, 6.45) is 0. The molecule has 1 radical (unpaired) electrons. The van der Waals surface area contributed by atoms with Crippen molar-refractivity contribution in [1.82, 2.24) is 0 Å². The molecule has 1 rings (SSSR count). The summed E-state index contributed by atoms with van der Waals surface area (Å²) in [5.41, 5.74) is 6.11. The Kier molecular flexibility index (Phi) is 3.67. The normalized spacial score (nSPS) is 19.4. The molecule has 0 aromatic carbocycles. The van der Waals surface area contributed by atoms with Gasteiger partial charge in [-0.15, -0.1) is 0 Å². The Morgan fingerprint density at radius 1 is 0.818 bits per heavy atom. The van der Waals surface area contributed by atoms with Crippen LogP contribution in [0.4, 0.5) is 0 Å². The van der Waals surface area contributed by atoms with E-state index in [0.717, 1.165) is 0 Å². The van der Waals surface area contributed by atoms with Gasteiger partial charge in [-0.25, -0.2) is 0 Å². The first kappa shape index (κ1) is 11.1. The van der Waals surface area contributed by atoms with E-state index in [-0.39, 0.29) is 18.6 Å². The summed E-state index contributed by atoms with van der Waals surface area (Å²) < 4.78 is 0. The first-order valence-electron chi connectivity index (χ1n) is 3.90. The molecule has 0 saturated carbocycles. The maximum Gasteiger partial charge on any atom is 0 e. The van der Waals surface area contributed by atoms with Crippen molar-refractivity contribution in [2.75, 3.05) is 0 Å². The second-order valence-electron chi connectivity index (χ2n) is 3.34. The number of hydrogen-bond acceptors (Lipinski definition) is 0. The summed E-state index contributed by atoms with van der Waals surface area (Å²) in [5, 5.41) is 0. The fourth-order valence-electron chi connectivity index (χ4n) is 1.57. The van der Waals surface area contributed by atoms with Crippen LogP contribution in [0, 0.1) is 5.92 Å². The fourth-order valence-corrected chi connectivity index (χ4v) is 1.57. The molecule has 1 aliphatic rings. The summed E-state index contributed by atoms with van der Waals surface area (Å²) in [7, 11) is 0. The van der Waals surface area contributed by atoms with E-state index in [1.165, 1.54) is 11.1 Å². The molecule has 1 aliphatic carbocycles. The topological polar surface area (TPSA) is 0 Å². The van der Waals surface area contributed by atoms with E-state index in [2.05, 4.69) is 34.6 Å². The average molecular weight is 187 g/mol. The Balaban J connectivity index is 0.000001000. The zero-order valence-corrected chi connectivity index (χ0v) is 9.42. The molecule has 0 bridgehead atoms. The van der Waals surface area contributed by atoms with Gasteiger partial charge in [0.25, 0.3) is 0 Å². The molecule has 0 spiro atoms. The van der Waals surface area contributed by atoms with Crippen LogP contribution in [-0.4, -0.2) is 0 Å². The Labute approximate surface area is 81.6 Å². The van der Waals surface area contributed by atoms with Gasteiger partial charge in [-0.1, -0.05) is 18.1 Å². The van der Waals surface area contributed by atoms with Crippen LogP contribution in [0.15, 0.2) is 22.3 Å². The van der Waals surface area contributed by atoms with Crippen molar-refractivity contribution in [2.24, 2.45) is 5.92 Å². The van der Waals surface area contributed by atoms with Crippen LogP contribution in [0.3, 0.4) is 0 Å². The third kappa shape index (κ3) is 1.63. The molecular weight excluding hydrogens is 171 g/mol. The van der Waals surface area contributed by atoms with Gasteiger partial charge < -0.3 is 0 Å². The molecule has 0 aromatic rings. The third-order valence-electron chi connectivity index (χ3n) is 3.04. The zero-order chi connectivity index (χ0) is 7.89. The third-order valence-corrected chi connectivity index (χ3v) is 3.04. The molecule has 0 unspecified atom stereocenters. The predicted octanol–water partition coefficient (Wildman–Crippen LogP) is 3.31. The number of allylic oxidation sites excluding steroid dienone is 4. The first-order valence-corrected chi connectivity index (χ1v) is 3.90. The van der Waals surface area contributed by atoms with E-state index in [1.807, 2.05) is 0 Å². The van der Waals surface area contributed by atoms with Gasteiger partial charge in [-0.3, -0.25) is 0 Å². The molecule has 0 aliphatic heterocycles. The Morgan fingerprint density at radius 2 is 1.09 bits per heavy atom. The van der Waals surface area contributed by atoms with E-state index in [9.17, 15) is 0 Å². The van der Waals surface area contributed by atoms with Crippen LogP contribution >= 0.6 is 0 Å². The fraction of sp³-hybridized carbons (Fsp3) is 0.600. The molecule has 0 aromatic heterocycles. The second-order valence-corrected chi connectivity index (χ2v) is 3.34. The first-order chi connectivity index (χ1) is 4.55. The summed E-state index contributed by atoms with van der Waals surface area (Å²) in [5.74, 6) is 0.694. The molecule has 0 nitrogen and oxygen atoms in total. The van der Waals surface area contributed by atoms with Crippen LogP contribution in [0.5, 0.6) is 0 Å². The molecule has 0 amide bonds. The van der Waals surface area contributed by atoms with E-state index >= 15 is 0 Å². The van der Waals surface area contributed by atoms with Gasteiger partial charge in [0, 0.05) is 18.6 Å². The molecule has 0 fully saturated rings. The molecular formula is C10H16V. The summed E-state index contributed by atoms with van der Waals surface area (Å²) in [6.45, 7) is 11.2. The van der Waals surface area contributed by atoms with Crippen molar-refractivity contribution in [2.45, 2.75) is 34.6 Å². The van der Waals surface area contributed by atoms with Crippen LogP contribution in [0.2, 0.25) is 0 Å². The van der Waals surface area contributed by atoms with Crippen LogP contribution in [0.1, 0.15) is 34.6 Å². The van der Waals surface area contributed by atoms with Gasteiger partial charge in [0.1, 0.15) is 0 Å². The van der Waals surface area contributed by atoms with Gasteiger partial charge >= 0.3 is 0 Å². The van der Waals surface area contributed by atoms with Crippen molar-refractivity contribution < 1.29 is 18.6 Å². The zero-order valence-electron chi connectivity index (χ0n) is 8.02. The minimum atomic E-state index is 0.